The molecule has 160 valence electrons. The van der Waals surface area contributed by atoms with Crippen molar-refractivity contribution in [2.45, 2.75) is 6.92 Å². The molecule has 0 spiro atoms. The summed E-state index contributed by atoms with van der Waals surface area (Å²) >= 11 is 0. The topological polar surface area (TPSA) is 120 Å². The van der Waals surface area contributed by atoms with Crippen LogP contribution in [0.3, 0.4) is 0 Å². The normalized spacial score (nSPS) is 10.1. The molecule has 0 bridgehead atoms. The summed E-state index contributed by atoms with van der Waals surface area (Å²) in [5, 5.41) is 13.9. The smallest absolute Gasteiger partial charge is 0.345 e. The second-order valence-corrected chi connectivity index (χ2v) is 6.28. The highest BCUT2D eigenvalue weighted by Gasteiger charge is 2.26. The highest BCUT2D eigenvalue weighted by Crippen LogP contribution is 2.35. The average molecular weight is 417 g/mol. The number of ether oxygens (including phenoxy) is 3. The lowest BCUT2D eigenvalue weighted by Crippen LogP contribution is -2.21. The zero-order valence-electron chi connectivity index (χ0n) is 17.1. The Hall–Kier alpha value is -3.82. The molecular formula is C20H23N3O7. The Morgan fingerprint density at radius 3 is 2.33 bits per heavy atom. The third-order valence-corrected chi connectivity index (χ3v) is 4.00. The molecule has 1 amide bonds. The van der Waals surface area contributed by atoms with Crippen LogP contribution in [0.1, 0.15) is 17.3 Å². The predicted octanol–water partition coefficient (Wildman–Crippen LogP) is 2.86. The number of hydrogen-bond donors (Lipinski definition) is 1. The molecule has 0 unspecified atom stereocenters. The Bertz CT molecular complexity index is 927. The number of amides is 1. The Balaban J connectivity index is 2.10. The Morgan fingerprint density at radius 2 is 1.80 bits per heavy atom. The third-order valence-electron chi connectivity index (χ3n) is 4.00. The molecule has 0 atom stereocenters. The summed E-state index contributed by atoms with van der Waals surface area (Å²) in [6, 6.07) is 9.29. The van der Waals surface area contributed by atoms with Crippen molar-refractivity contribution in [2.24, 2.45) is 0 Å². The SMILES string of the molecule is CCOc1cc(C(=O)OCC(=O)Nc2ccc(N(C)C)cc2)c([N+](=O)[O-])cc1OC. The molecule has 30 heavy (non-hydrogen) atoms. The number of nitrogens with one attached hydrogen (secondary N) is 1. The molecule has 0 saturated heterocycles. The van der Waals surface area contributed by atoms with Gasteiger partial charge in [0.15, 0.2) is 18.1 Å². The van der Waals surface area contributed by atoms with Gasteiger partial charge in [-0.1, -0.05) is 0 Å². The molecule has 0 saturated carbocycles. The molecule has 0 aliphatic rings. The van der Waals surface area contributed by atoms with Crippen molar-refractivity contribution in [2.75, 3.05) is 44.6 Å². The van der Waals surface area contributed by atoms with Crippen LogP contribution in [0.5, 0.6) is 11.5 Å². The van der Waals surface area contributed by atoms with Gasteiger partial charge >= 0.3 is 5.97 Å². The van der Waals surface area contributed by atoms with Crippen molar-refractivity contribution in [1.82, 2.24) is 0 Å². The summed E-state index contributed by atoms with van der Waals surface area (Å²) < 4.78 is 15.4. The first-order valence-electron chi connectivity index (χ1n) is 9.00. The summed E-state index contributed by atoms with van der Waals surface area (Å²) in [6.45, 7) is 1.37. The summed E-state index contributed by atoms with van der Waals surface area (Å²) in [4.78, 5) is 37.0. The van der Waals surface area contributed by atoms with Gasteiger partial charge in [-0.25, -0.2) is 4.79 Å². The van der Waals surface area contributed by atoms with Gasteiger partial charge in [0.1, 0.15) is 5.56 Å². The minimum atomic E-state index is -1.02. The summed E-state index contributed by atoms with van der Waals surface area (Å²) in [5.74, 6) is -1.34. The minimum absolute atomic E-state index is 0.110. The molecule has 0 aromatic heterocycles. The number of anilines is 2. The summed E-state index contributed by atoms with van der Waals surface area (Å²) in [5.41, 5.74) is 0.624. The van der Waals surface area contributed by atoms with E-state index in [2.05, 4.69) is 5.32 Å². The quantitative estimate of drug-likeness (QED) is 0.376. The zero-order chi connectivity index (χ0) is 22.3. The molecule has 0 fully saturated rings. The fraction of sp³-hybridized carbons (Fsp3) is 0.300. The lowest BCUT2D eigenvalue weighted by atomic mass is 10.1. The van der Waals surface area contributed by atoms with E-state index in [4.69, 9.17) is 14.2 Å². The van der Waals surface area contributed by atoms with Crippen LogP contribution < -0.4 is 19.7 Å². The Kier molecular flexibility index (Phi) is 7.56. The molecule has 10 heteroatoms. The number of hydrogen-bond acceptors (Lipinski definition) is 8. The molecule has 0 aliphatic carbocycles. The van der Waals surface area contributed by atoms with Gasteiger partial charge in [-0.2, -0.15) is 0 Å². The van der Waals surface area contributed by atoms with E-state index in [0.29, 0.717) is 5.69 Å². The number of nitrogens with zero attached hydrogens (tertiary/aromatic N) is 2. The second kappa shape index (κ2) is 10.1. The van der Waals surface area contributed by atoms with Crippen LogP contribution in [0.4, 0.5) is 17.1 Å². The van der Waals surface area contributed by atoms with Crippen LogP contribution in [-0.2, 0) is 9.53 Å². The van der Waals surface area contributed by atoms with Crippen LogP contribution in [0.2, 0.25) is 0 Å². The van der Waals surface area contributed by atoms with Crippen LogP contribution in [0, 0.1) is 10.1 Å². The van der Waals surface area contributed by atoms with Gasteiger partial charge in [-0.15, -0.1) is 0 Å². The highest BCUT2D eigenvalue weighted by molar-refractivity contribution is 5.98. The van der Waals surface area contributed by atoms with Crippen LogP contribution >= 0.6 is 0 Å². The monoisotopic (exact) mass is 417 g/mol. The maximum absolute atomic E-state index is 12.4. The van der Waals surface area contributed by atoms with Crippen molar-refractivity contribution in [3.05, 3.63) is 52.1 Å². The van der Waals surface area contributed by atoms with E-state index in [-0.39, 0.29) is 23.7 Å². The van der Waals surface area contributed by atoms with E-state index in [1.807, 2.05) is 31.1 Å². The van der Waals surface area contributed by atoms with Gasteiger partial charge < -0.3 is 24.4 Å². The number of nitro groups is 1. The fourth-order valence-electron chi connectivity index (χ4n) is 2.54. The van der Waals surface area contributed by atoms with Gasteiger partial charge in [0, 0.05) is 31.5 Å². The molecule has 2 aromatic rings. The van der Waals surface area contributed by atoms with E-state index >= 15 is 0 Å². The molecule has 1 N–H and O–H groups in total. The fourth-order valence-corrected chi connectivity index (χ4v) is 2.54. The molecule has 10 nitrogen and oxygen atoms in total. The number of carbonyl (C=O) groups excluding carboxylic acids is 2. The number of rotatable bonds is 9. The zero-order valence-corrected chi connectivity index (χ0v) is 17.1. The van der Waals surface area contributed by atoms with Crippen LogP contribution in [0.15, 0.2) is 36.4 Å². The first-order valence-corrected chi connectivity index (χ1v) is 9.00. The molecule has 0 heterocycles. The lowest BCUT2D eigenvalue weighted by molar-refractivity contribution is -0.385. The Labute approximate surface area is 173 Å². The molecule has 0 aliphatic heterocycles. The van der Waals surface area contributed by atoms with Crippen LogP contribution in [0.25, 0.3) is 0 Å². The van der Waals surface area contributed by atoms with Crippen molar-refractivity contribution in [3.8, 4) is 11.5 Å². The summed E-state index contributed by atoms with van der Waals surface area (Å²) in [7, 11) is 5.11. The maximum atomic E-state index is 12.4. The number of esters is 1. The number of benzene rings is 2. The predicted molar refractivity (Wildman–Crippen MR) is 110 cm³/mol. The molecule has 2 aromatic carbocycles. The molecule has 0 radical (unpaired) electrons. The van der Waals surface area contributed by atoms with Gasteiger partial charge in [-0.3, -0.25) is 14.9 Å². The first kappa shape index (κ1) is 22.5. The van der Waals surface area contributed by atoms with E-state index in [1.165, 1.54) is 13.2 Å². The van der Waals surface area contributed by atoms with E-state index in [9.17, 15) is 19.7 Å². The van der Waals surface area contributed by atoms with E-state index < -0.39 is 29.1 Å². The third kappa shape index (κ3) is 5.60. The van der Waals surface area contributed by atoms with Gasteiger partial charge in [0.2, 0.25) is 0 Å². The number of carbonyl (C=O) groups is 2. The van der Waals surface area contributed by atoms with Crippen molar-refractivity contribution < 1.29 is 28.7 Å². The lowest BCUT2D eigenvalue weighted by Gasteiger charge is -2.13. The average Bonchev–Trinajstić information content (AvgIpc) is 2.72. The highest BCUT2D eigenvalue weighted by atomic mass is 16.6. The van der Waals surface area contributed by atoms with E-state index in [1.54, 1.807) is 19.1 Å². The van der Waals surface area contributed by atoms with Gasteiger partial charge in [0.05, 0.1) is 24.7 Å². The van der Waals surface area contributed by atoms with E-state index in [0.717, 1.165) is 11.8 Å². The Morgan fingerprint density at radius 1 is 1.13 bits per heavy atom. The number of methoxy groups -OCH3 is 1. The standard InChI is InChI=1S/C20H23N3O7/c1-5-29-18-10-15(16(23(26)27)11-17(18)28-4)20(25)30-12-19(24)21-13-6-8-14(9-7-13)22(2)3/h6-11H,5,12H2,1-4H3,(H,21,24). The second-order valence-electron chi connectivity index (χ2n) is 6.28. The van der Waals surface area contributed by atoms with Gasteiger partial charge in [0.25, 0.3) is 11.6 Å². The molecular weight excluding hydrogens is 394 g/mol. The van der Waals surface area contributed by atoms with Crippen molar-refractivity contribution in [3.63, 3.8) is 0 Å². The minimum Gasteiger partial charge on any atom is -0.493 e. The van der Waals surface area contributed by atoms with Gasteiger partial charge in [-0.05, 0) is 31.2 Å². The first-order chi connectivity index (χ1) is 14.3. The number of nitro benzene ring substituents is 1. The largest absolute Gasteiger partial charge is 0.493 e. The summed E-state index contributed by atoms with van der Waals surface area (Å²) in [6.07, 6.45) is 0. The van der Waals surface area contributed by atoms with Crippen LogP contribution in [-0.4, -0.2) is 51.2 Å². The maximum Gasteiger partial charge on any atom is 0.345 e. The van der Waals surface area contributed by atoms with Crippen molar-refractivity contribution >= 4 is 28.9 Å². The molecule has 2 rings (SSSR count). The van der Waals surface area contributed by atoms with Crippen molar-refractivity contribution in [1.29, 1.82) is 0 Å².